The molecule has 2 rings (SSSR count). The minimum Gasteiger partial charge on any atom is -0.350 e. The van der Waals surface area contributed by atoms with Crippen molar-refractivity contribution < 1.29 is 4.79 Å². The van der Waals surface area contributed by atoms with Gasteiger partial charge in [0.2, 0.25) is 0 Å². The Morgan fingerprint density at radius 3 is 2.59 bits per heavy atom. The third kappa shape index (κ3) is 3.65. The highest BCUT2D eigenvalue weighted by Crippen LogP contribution is 2.29. The third-order valence-corrected chi connectivity index (χ3v) is 5.19. The predicted molar refractivity (Wildman–Crippen MR) is 92.8 cm³/mol. The first kappa shape index (κ1) is 17.3. The Kier molecular flexibility index (Phi) is 5.20. The van der Waals surface area contributed by atoms with E-state index in [2.05, 4.69) is 31.4 Å². The zero-order chi connectivity index (χ0) is 16.5. The molecule has 0 spiro atoms. The summed E-state index contributed by atoms with van der Waals surface area (Å²) in [6.45, 7) is 6.34. The molecule has 0 aliphatic heterocycles. The molecule has 0 aliphatic rings. The van der Waals surface area contributed by atoms with Gasteiger partial charge in [0.15, 0.2) is 5.69 Å². The summed E-state index contributed by atoms with van der Waals surface area (Å²) < 4.78 is 0.678. The van der Waals surface area contributed by atoms with Crippen molar-refractivity contribution in [2.24, 2.45) is 0 Å². The second-order valence-corrected chi connectivity index (χ2v) is 7.31. The van der Waals surface area contributed by atoms with Gasteiger partial charge in [0, 0.05) is 17.7 Å². The van der Waals surface area contributed by atoms with Gasteiger partial charge in [-0.2, -0.15) is 5.10 Å². The van der Waals surface area contributed by atoms with Gasteiger partial charge in [0.05, 0.1) is 14.5 Å². The van der Waals surface area contributed by atoms with Gasteiger partial charge < -0.3 is 5.32 Å². The van der Waals surface area contributed by atoms with Crippen LogP contribution in [0.25, 0.3) is 0 Å². The quantitative estimate of drug-likeness (QED) is 0.788. The molecule has 1 amide bonds. The number of nitrogens with one attached hydrogen (secondary N) is 2. The summed E-state index contributed by atoms with van der Waals surface area (Å²) in [6, 6.07) is 5.50. The van der Waals surface area contributed by atoms with E-state index in [-0.39, 0.29) is 11.3 Å². The van der Waals surface area contributed by atoms with E-state index in [9.17, 15) is 4.79 Å². The van der Waals surface area contributed by atoms with Crippen molar-refractivity contribution in [3.05, 3.63) is 49.7 Å². The number of carbonyl (C=O) groups is 1. The number of aryl methyl sites for hydroxylation is 1. The first-order valence-corrected chi connectivity index (χ1v) is 8.21. The number of hydrogen-bond donors (Lipinski definition) is 2. The van der Waals surface area contributed by atoms with Gasteiger partial charge in [-0.3, -0.25) is 9.89 Å². The van der Waals surface area contributed by atoms with Crippen molar-refractivity contribution in [2.45, 2.75) is 26.2 Å². The average Bonchev–Trinajstić information content (AvgIpc) is 2.79. The Morgan fingerprint density at radius 2 is 2.05 bits per heavy atom. The van der Waals surface area contributed by atoms with Gasteiger partial charge in [-0.1, -0.05) is 43.1 Å². The minimum absolute atomic E-state index is 0.232. The number of amides is 1. The first-order valence-electron chi connectivity index (χ1n) is 6.66. The van der Waals surface area contributed by atoms with Gasteiger partial charge >= 0.3 is 0 Å². The zero-order valence-corrected chi connectivity index (χ0v) is 15.5. The fourth-order valence-electron chi connectivity index (χ4n) is 1.97. The monoisotopic (exact) mass is 403 g/mol. The molecular formula is C15H16BrCl2N3O. The highest BCUT2D eigenvalue weighted by Gasteiger charge is 2.24. The molecule has 1 heterocycles. The molecule has 1 aromatic heterocycles. The van der Waals surface area contributed by atoms with E-state index < -0.39 is 0 Å². The van der Waals surface area contributed by atoms with Crippen LogP contribution in [0.5, 0.6) is 0 Å². The Hall–Kier alpha value is -1.04. The topological polar surface area (TPSA) is 57.8 Å². The summed E-state index contributed by atoms with van der Waals surface area (Å²) in [7, 11) is 0. The molecule has 22 heavy (non-hydrogen) atoms. The molecule has 0 atom stereocenters. The Morgan fingerprint density at radius 1 is 1.36 bits per heavy atom. The van der Waals surface area contributed by atoms with E-state index in [1.807, 2.05) is 32.9 Å². The van der Waals surface area contributed by atoms with Gasteiger partial charge in [-0.25, -0.2) is 0 Å². The molecular weight excluding hydrogens is 389 g/mol. The average molecular weight is 405 g/mol. The van der Waals surface area contributed by atoms with Crippen molar-refractivity contribution in [2.75, 3.05) is 6.54 Å². The van der Waals surface area contributed by atoms with Crippen LogP contribution in [0.1, 0.15) is 35.6 Å². The van der Waals surface area contributed by atoms with Crippen LogP contribution in [-0.2, 0) is 5.41 Å². The van der Waals surface area contributed by atoms with E-state index in [1.54, 1.807) is 6.07 Å². The Labute approximate surface area is 147 Å². The van der Waals surface area contributed by atoms with Gasteiger partial charge in [0.1, 0.15) is 0 Å². The third-order valence-electron chi connectivity index (χ3n) is 3.48. The lowest BCUT2D eigenvalue weighted by atomic mass is 9.84. The molecule has 0 saturated heterocycles. The van der Waals surface area contributed by atoms with Crippen LogP contribution in [-0.4, -0.2) is 22.6 Å². The number of nitrogens with zero attached hydrogens (tertiary/aromatic N) is 1. The van der Waals surface area contributed by atoms with E-state index >= 15 is 0 Å². The largest absolute Gasteiger partial charge is 0.350 e. The van der Waals surface area contributed by atoms with Crippen LogP contribution in [0, 0.1) is 6.92 Å². The lowest BCUT2D eigenvalue weighted by Crippen LogP contribution is -2.37. The molecule has 0 radical (unpaired) electrons. The van der Waals surface area contributed by atoms with Crippen LogP contribution in [0.3, 0.4) is 0 Å². The van der Waals surface area contributed by atoms with Crippen LogP contribution in [0.4, 0.5) is 0 Å². The molecule has 0 saturated carbocycles. The number of aromatic amines is 1. The van der Waals surface area contributed by atoms with E-state index in [0.717, 1.165) is 11.3 Å². The van der Waals surface area contributed by atoms with Crippen molar-refractivity contribution in [3.8, 4) is 0 Å². The summed E-state index contributed by atoms with van der Waals surface area (Å²) in [5.41, 5.74) is 1.87. The van der Waals surface area contributed by atoms with Crippen molar-refractivity contribution in [1.29, 1.82) is 0 Å². The molecule has 0 aliphatic carbocycles. The lowest BCUT2D eigenvalue weighted by Gasteiger charge is -2.26. The first-order chi connectivity index (χ1) is 10.2. The minimum atomic E-state index is -0.290. The second-order valence-electron chi connectivity index (χ2n) is 5.71. The number of benzene rings is 1. The summed E-state index contributed by atoms with van der Waals surface area (Å²) in [6.07, 6.45) is 0. The Bertz CT molecular complexity index is 713. The molecule has 0 unspecified atom stereocenters. The van der Waals surface area contributed by atoms with E-state index in [0.29, 0.717) is 26.8 Å². The molecule has 118 valence electrons. The number of H-pyrrole nitrogens is 1. The fourth-order valence-corrected chi connectivity index (χ4v) is 2.63. The zero-order valence-electron chi connectivity index (χ0n) is 12.4. The van der Waals surface area contributed by atoms with Crippen LogP contribution in [0.15, 0.2) is 22.7 Å². The van der Waals surface area contributed by atoms with E-state index in [4.69, 9.17) is 23.2 Å². The van der Waals surface area contributed by atoms with E-state index in [1.165, 1.54) is 0 Å². The molecule has 4 nitrogen and oxygen atoms in total. The molecule has 2 aromatic rings. The standard InChI is InChI=1S/C15H16BrCl2N3O/c1-8-12(16)13(21-20-8)14(22)19-7-15(2,3)9-4-5-10(17)11(18)6-9/h4-6H,7H2,1-3H3,(H,19,22)(H,20,21). The fraction of sp³-hybridized carbons (Fsp3) is 0.333. The number of hydrogen-bond acceptors (Lipinski definition) is 2. The van der Waals surface area contributed by atoms with Crippen LogP contribution >= 0.6 is 39.1 Å². The molecule has 2 N–H and O–H groups in total. The number of carbonyl (C=O) groups excluding carboxylic acids is 1. The lowest BCUT2D eigenvalue weighted by molar-refractivity contribution is 0.0940. The van der Waals surface area contributed by atoms with Gasteiger partial charge in [-0.15, -0.1) is 0 Å². The molecule has 1 aromatic carbocycles. The summed E-state index contributed by atoms with van der Waals surface area (Å²) in [5.74, 6) is -0.232. The SMILES string of the molecule is Cc1[nH]nc(C(=O)NCC(C)(C)c2ccc(Cl)c(Cl)c2)c1Br. The number of halogens is 3. The number of rotatable bonds is 4. The maximum atomic E-state index is 12.2. The maximum Gasteiger partial charge on any atom is 0.272 e. The van der Waals surface area contributed by atoms with Crippen LogP contribution in [0.2, 0.25) is 10.0 Å². The Balaban J connectivity index is 2.10. The van der Waals surface area contributed by atoms with Gasteiger partial charge in [-0.05, 0) is 40.5 Å². The molecule has 7 heteroatoms. The number of aromatic nitrogens is 2. The predicted octanol–water partition coefficient (Wildman–Crippen LogP) is 4.50. The van der Waals surface area contributed by atoms with Gasteiger partial charge in [0.25, 0.3) is 5.91 Å². The summed E-state index contributed by atoms with van der Waals surface area (Å²) in [4.78, 5) is 12.2. The van der Waals surface area contributed by atoms with Crippen molar-refractivity contribution >= 4 is 45.0 Å². The smallest absolute Gasteiger partial charge is 0.272 e. The van der Waals surface area contributed by atoms with Crippen molar-refractivity contribution in [3.63, 3.8) is 0 Å². The highest BCUT2D eigenvalue weighted by molar-refractivity contribution is 9.10. The highest BCUT2D eigenvalue weighted by atomic mass is 79.9. The van der Waals surface area contributed by atoms with Crippen molar-refractivity contribution in [1.82, 2.24) is 15.5 Å². The molecule has 0 fully saturated rings. The molecule has 0 bridgehead atoms. The second kappa shape index (κ2) is 6.60. The summed E-state index contributed by atoms with van der Waals surface area (Å²) in [5, 5.41) is 10.7. The summed E-state index contributed by atoms with van der Waals surface area (Å²) >= 11 is 15.3. The van der Waals surface area contributed by atoms with Crippen LogP contribution < -0.4 is 5.32 Å². The normalized spacial score (nSPS) is 11.5. The maximum absolute atomic E-state index is 12.2.